The normalized spacial score (nSPS) is 18.0. The number of benzene rings is 2. The molecule has 1 heterocycles. The van der Waals surface area contributed by atoms with Crippen molar-refractivity contribution in [3.05, 3.63) is 65.2 Å². The molecule has 0 aliphatic carbocycles. The second kappa shape index (κ2) is 9.32. The Morgan fingerprint density at radius 1 is 1.16 bits per heavy atom. The zero-order valence-corrected chi connectivity index (χ0v) is 18.4. The van der Waals surface area contributed by atoms with Crippen LogP contribution in [0.5, 0.6) is 0 Å². The molecule has 0 saturated carbocycles. The van der Waals surface area contributed by atoms with E-state index in [1.807, 2.05) is 6.92 Å². The number of fused-ring (bicyclic) bond motifs is 1. The van der Waals surface area contributed by atoms with Crippen LogP contribution in [0.15, 0.2) is 58.4 Å². The molecule has 2 aromatic rings. The summed E-state index contributed by atoms with van der Waals surface area (Å²) in [6.07, 6.45) is -2.66. The highest BCUT2D eigenvalue weighted by Crippen LogP contribution is 2.31. The van der Waals surface area contributed by atoms with Crippen LogP contribution in [0.4, 0.5) is 13.2 Å². The number of carbonyl (C=O) groups excluding carboxylic acids is 1. The fourth-order valence-corrected chi connectivity index (χ4v) is 4.65. The van der Waals surface area contributed by atoms with Crippen molar-refractivity contribution < 1.29 is 26.4 Å². The van der Waals surface area contributed by atoms with Crippen molar-refractivity contribution in [2.45, 2.75) is 56.3 Å². The number of alkyl halides is 3. The van der Waals surface area contributed by atoms with Gasteiger partial charge in [-0.2, -0.15) is 13.2 Å². The minimum absolute atomic E-state index is 0.0866. The molecule has 6 nitrogen and oxygen atoms in total. The maximum Gasteiger partial charge on any atom is 0.416 e. The summed E-state index contributed by atoms with van der Waals surface area (Å²) in [5.41, 5.74) is -0.106. The topological polar surface area (TPSA) is 87.6 Å². The molecule has 1 amide bonds. The lowest BCUT2D eigenvalue weighted by molar-refractivity contribution is -0.137. The van der Waals surface area contributed by atoms with E-state index in [1.165, 1.54) is 18.2 Å². The number of hydrogen-bond donors (Lipinski definition) is 2. The smallest absolute Gasteiger partial charge is 0.348 e. The van der Waals surface area contributed by atoms with Crippen LogP contribution in [0.2, 0.25) is 0 Å². The van der Waals surface area contributed by atoms with Crippen molar-refractivity contribution >= 4 is 21.8 Å². The number of amidine groups is 1. The molecule has 1 aliphatic rings. The Labute approximate surface area is 185 Å². The number of rotatable bonds is 7. The number of amides is 1. The molecule has 172 valence electrons. The summed E-state index contributed by atoms with van der Waals surface area (Å²) in [6.45, 7) is 3.53. The predicted molar refractivity (Wildman–Crippen MR) is 115 cm³/mol. The van der Waals surface area contributed by atoms with Gasteiger partial charge in [0.1, 0.15) is 11.9 Å². The summed E-state index contributed by atoms with van der Waals surface area (Å²) >= 11 is 0. The average Bonchev–Trinajstić information content (AvgIpc) is 3.00. The number of halogens is 3. The molecule has 2 atom stereocenters. The average molecular weight is 468 g/mol. The molecule has 0 saturated heterocycles. The van der Waals surface area contributed by atoms with E-state index in [-0.39, 0.29) is 10.7 Å². The first-order chi connectivity index (χ1) is 15.0. The lowest BCUT2D eigenvalue weighted by Gasteiger charge is -2.19. The third kappa shape index (κ3) is 5.29. The fraction of sp³-hybridized carbons (Fsp3) is 0.364. The molecule has 0 bridgehead atoms. The van der Waals surface area contributed by atoms with Gasteiger partial charge in [0.2, 0.25) is 5.91 Å². The highest BCUT2D eigenvalue weighted by atomic mass is 32.2. The standard InChI is InChI=1S/C22H24F3N3O3S/c1-3-4-11-18(27-20-17-10-5-6-12-19(17)32(30,31)28-20)21(29)26-14(2)15-8-7-9-16(13-15)22(23,24)25/h5-10,12-14,18H,3-4,11H2,1-2H3,(H,26,29)(H,27,28). The van der Waals surface area contributed by atoms with Crippen LogP contribution in [0, 0.1) is 0 Å². The number of nitrogens with one attached hydrogen (secondary N) is 2. The molecular weight excluding hydrogens is 443 g/mol. The molecule has 0 radical (unpaired) electrons. The third-order valence-electron chi connectivity index (χ3n) is 5.15. The van der Waals surface area contributed by atoms with Crippen molar-refractivity contribution in [1.29, 1.82) is 0 Å². The number of aliphatic imine (C=N–C) groups is 1. The zero-order chi connectivity index (χ0) is 23.5. The zero-order valence-electron chi connectivity index (χ0n) is 17.6. The summed E-state index contributed by atoms with van der Waals surface area (Å²) in [7, 11) is -3.75. The van der Waals surface area contributed by atoms with E-state index in [2.05, 4.69) is 15.0 Å². The Morgan fingerprint density at radius 3 is 2.56 bits per heavy atom. The van der Waals surface area contributed by atoms with Crippen LogP contribution in [0.3, 0.4) is 0 Å². The highest BCUT2D eigenvalue weighted by Gasteiger charge is 2.33. The maximum absolute atomic E-state index is 13.0. The molecule has 3 rings (SSSR count). The first-order valence-corrected chi connectivity index (χ1v) is 11.7. The van der Waals surface area contributed by atoms with Gasteiger partial charge in [-0.25, -0.2) is 8.42 Å². The van der Waals surface area contributed by atoms with Crippen molar-refractivity contribution in [2.75, 3.05) is 0 Å². The van der Waals surface area contributed by atoms with Gasteiger partial charge < -0.3 is 5.32 Å². The number of hydrogen-bond acceptors (Lipinski definition) is 4. The van der Waals surface area contributed by atoms with Crippen molar-refractivity contribution in [3.8, 4) is 0 Å². The van der Waals surface area contributed by atoms with Crippen LogP contribution in [-0.4, -0.2) is 26.2 Å². The minimum Gasteiger partial charge on any atom is -0.348 e. The second-order valence-corrected chi connectivity index (χ2v) is 9.24. The Morgan fingerprint density at radius 2 is 1.88 bits per heavy atom. The van der Waals surface area contributed by atoms with Gasteiger partial charge in [0.05, 0.1) is 16.5 Å². The number of carbonyl (C=O) groups is 1. The molecule has 32 heavy (non-hydrogen) atoms. The summed E-state index contributed by atoms with van der Waals surface area (Å²) < 4.78 is 66.1. The highest BCUT2D eigenvalue weighted by molar-refractivity contribution is 7.90. The van der Waals surface area contributed by atoms with E-state index in [0.29, 0.717) is 24.0 Å². The van der Waals surface area contributed by atoms with E-state index >= 15 is 0 Å². The van der Waals surface area contributed by atoms with Gasteiger partial charge in [-0.1, -0.05) is 44.0 Å². The second-order valence-electron chi connectivity index (χ2n) is 7.59. The molecule has 2 unspecified atom stereocenters. The monoisotopic (exact) mass is 467 g/mol. The number of nitrogens with zero attached hydrogens (tertiary/aromatic N) is 1. The van der Waals surface area contributed by atoms with Gasteiger partial charge in [0.25, 0.3) is 10.0 Å². The van der Waals surface area contributed by atoms with Gasteiger partial charge >= 0.3 is 6.18 Å². The third-order valence-corrected chi connectivity index (χ3v) is 6.55. The molecule has 2 N–H and O–H groups in total. The number of sulfonamides is 1. The Kier molecular flexibility index (Phi) is 6.92. The molecule has 1 aliphatic heterocycles. The predicted octanol–water partition coefficient (Wildman–Crippen LogP) is 4.18. The fourth-order valence-electron chi connectivity index (χ4n) is 3.41. The Bertz CT molecular complexity index is 1130. The van der Waals surface area contributed by atoms with Gasteiger partial charge in [0, 0.05) is 5.56 Å². The van der Waals surface area contributed by atoms with Crippen molar-refractivity contribution in [3.63, 3.8) is 0 Å². The first-order valence-electron chi connectivity index (χ1n) is 10.2. The van der Waals surface area contributed by atoms with Crippen molar-refractivity contribution in [2.24, 2.45) is 4.99 Å². The summed E-state index contributed by atoms with van der Waals surface area (Å²) in [5, 5.41) is 2.71. The van der Waals surface area contributed by atoms with E-state index in [1.54, 1.807) is 25.1 Å². The van der Waals surface area contributed by atoms with Crippen LogP contribution in [-0.2, 0) is 21.0 Å². The first kappa shape index (κ1) is 23.8. The minimum atomic E-state index is -4.48. The van der Waals surface area contributed by atoms with Crippen LogP contribution in [0.1, 0.15) is 55.8 Å². The molecule has 2 aromatic carbocycles. The molecule has 0 fully saturated rings. The van der Waals surface area contributed by atoms with Crippen LogP contribution < -0.4 is 10.0 Å². The lowest BCUT2D eigenvalue weighted by atomic mass is 10.0. The molecule has 0 aromatic heterocycles. The van der Waals surface area contributed by atoms with Gasteiger partial charge in [0.15, 0.2) is 0 Å². The Hall–Kier alpha value is -2.88. The largest absolute Gasteiger partial charge is 0.416 e. The van der Waals surface area contributed by atoms with Crippen LogP contribution >= 0.6 is 0 Å². The molecule has 10 heteroatoms. The summed E-state index contributed by atoms with van der Waals surface area (Å²) in [6, 6.07) is 9.51. The van der Waals surface area contributed by atoms with E-state index < -0.39 is 39.8 Å². The van der Waals surface area contributed by atoms with Crippen molar-refractivity contribution in [1.82, 2.24) is 10.0 Å². The summed E-state index contributed by atoms with van der Waals surface area (Å²) in [5.74, 6) is -0.400. The maximum atomic E-state index is 13.0. The van der Waals surface area contributed by atoms with Crippen LogP contribution in [0.25, 0.3) is 0 Å². The van der Waals surface area contributed by atoms with E-state index in [4.69, 9.17) is 0 Å². The SMILES string of the molecule is CCCCC(N=C1NS(=O)(=O)c2ccccc21)C(=O)NC(C)c1cccc(C(F)(F)F)c1. The van der Waals surface area contributed by atoms with Gasteiger partial charge in [-0.15, -0.1) is 0 Å². The quantitative estimate of drug-likeness (QED) is 0.640. The van der Waals surface area contributed by atoms with Gasteiger partial charge in [-0.3, -0.25) is 14.5 Å². The Balaban J connectivity index is 1.84. The number of unbranched alkanes of at least 4 members (excludes halogenated alkanes) is 1. The van der Waals surface area contributed by atoms with E-state index in [9.17, 15) is 26.4 Å². The lowest BCUT2D eigenvalue weighted by Crippen LogP contribution is -2.37. The molecular formula is C22H24F3N3O3S. The molecule has 0 spiro atoms. The van der Waals surface area contributed by atoms with E-state index in [0.717, 1.165) is 18.6 Å². The van der Waals surface area contributed by atoms with Gasteiger partial charge in [-0.05, 0) is 43.2 Å². The summed E-state index contributed by atoms with van der Waals surface area (Å²) in [4.78, 5) is 17.4.